The Labute approximate surface area is 137 Å². The van der Waals surface area contributed by atoms with Crippen molar-refractivity contribution in [2.45, 2.75) is 35.3 Å². The lowest BCUT2D eigenvalue weighted by Crippen LogP contribution is -2.63. The van der Waals surface area contributed by atoms with Crippen molar-refractivity contribution in [1.82, 2.24) is 9.21 Å². The molecule has 0 aromatic carbocycles. The van der Waals surface area contributed by atoms with Gasteiger partial charge in [0, 0.05) is 19.1 Å². The first kappa shape index (κ1) is 21.8. The SMILES string of the molecule is CN(C)C1CCN([S+]([O-])C(F)(F)C(F)(F)C(F)(F)S(=O)(=O)O)CC1. The van der Waals surface area contributed by atoms with Crippen molar-refractivity contribution in [2.75, 3.05) is 27.2 Å². The third-order valence-electron chi connectivity index (χ3n) is 3.66. The molecule has 14 heteroatoms. The Morgan fingerprint density at radius 1 is 1.12 bits per heavy atom. The second kappa shape index (κ2) is 6.79. The van der Waals surface area contributed by atoms with E-state index in [-0.39, 0.29) is 32.0 Å². The highest BCUT2D eigenvalue weighted by Crippen LogP contribution is 2.51. The summed E-state index contributed by atoms with van der Waals surface area (Å²) in [6, 6.07) is -0.0911. The van der Waals surface area contributed by atoms with Gasteiger partial charge in [0.25, 0.3) is 0 Å². The highest BCUT2D eigenvalue weighted by Gasteiger charge is 2.84. The lowest BCUT2D eigenvalue weighted by molar-refractivity contribution is -0.247. The van der Waals surface area contributed by atoms with Gasteiger partial charge in [-0.3, -0.25) is 4.55 Å². The lowest BCUT2D eigenvalue weighted by Gasteiger charge is -2.38. The van der Waals surface area contributed by atoms with Crippen molar-refractivity contribution in [3.63, 3.8) is 0 Å². The van der Waals surface area contributed by atoms with E-state index in [2.05, 4.69) is 0 Å². The van der Waals surface area contributed by atoms with E-state index in [0.717, 1.165) is 0 Å². The van der Waals surface area contributed by atoms with Crippen LogP contribution in [-0.4, -0.2) is 76.4 Å². The van der Waals surface area contributed by atoms with Gasteiger partial charge in [0.2, 0.25) is 0 Å². The molecule has 0 radical (unpaired) electrons. The number of hydrogen-bond acceptors (Lipinski definition) is 5. The molecule has 1 rings (SSSR count). The van der Waals surface area contributed by atoms with Crippen LogP contribution in [0.4, 0.5) is 26.3 Å². The summed E-state index contributed by atoms with van der Waals surface area (Å²) in [5.74, 6) is -6.57. The monoisotopic (exact) mass is 406 g/mol. The highest BCUT2D eigenvalue weighted by molar-refractivity contribution is 7.90. The standard InChI is InChI=1S/C10H16F6N2O4S2/c1-17(2)7-3-5-18(6-4-7)23(19)9(13,14)8(11,12)10(15,16)24(20,21)22/h7H,3-6H2,1-2H3,(H,20,21,22). The first-order chi connectivity index (χ1) is 10.6. The van der Waals surface area contributed by atoms with Crippen LogP contribution in [0.15, 0.2) is 0 Å². The predicted octanol–water partition coefficient (Wildman–Crippen LogP) is 1.38. The maximum Gasteiger partial charge on any atom is 0.498 e. The Morgan fingerprint density at radius 2 is 1.54 bits per heavy atom. The Morgan fingerprint density at radius 3 is 1.88 bits per heavy atom. The van der Waals surface area contributed by atoms with E-state index in [9.17, 15) is 39.3 Å². The van der Waals surface area contributed by atoms with Gasteiger partial charge in [0.05, 0.1) is 0 Å². The Hall–Kier alpha value is -0.280. The van der Waals surface area contributed by atoms with Gasteiger partial charge in [-0.25, -0.2) is 0 Å². The minimum Gasteiger partial charge on any atom is -0.593 e. The van der Waals surface area contributed by atoms with E-state index in [4.69, 9.17) is 4.55 Å². The third kappa shape index (κ3) is 3.62. The molecule has 1 unspecified atom stereocenters. The summed E-state index contributed by atoms with van der Waals surface area (Å²) in [6.45, 7) is -0.669. The number of nitrogens with zero attached hydrogens (tertiary/aromatic N) is 2. The molecule has 0 amide bonds. The van der Waals surface area contributed by atoms with Gasteiger partial charge in [-0.1, -0.05) is 0 Å². The van der Waals surface area contributed by atoms with Gasteiger partial charge >= 0.3 is 26.5 Å². The van der Waals surface area contributed by atoms with Gasteiger partial charge < -0.3 is 9.45 Å². The van der Waals surface area contributed by atoms with Crippen molar-refractivity contribution in [1.29, 1.82) is 0 Å². The summed E-state index contributed by atoms with van der Waals surface area (Å²) in [4.78, 5) is 1.74. The van der Waals surface area contributed by atoms with Gasteiger partial charge in [-0.2, -0.15) is 26.0 Å². The number of rotatable bonds is 6. The van der Waals surface area contributed by atoms with Crippen molar-refractivity contribution in [2.24, 2.45) is 0 Å². The second-order valence-electron chi connectivity index (χ2n) is 5.46. The van der Waals surface area contributed by atoms with Crippen molar-refractivity contribution >= 4 is 21.5 Å². The molecule has 1 aliphatic heterocycles. The van der Waals surface area contributed by atoms with Gasteiger partial charge in [0.1, 0.15) is 11.4 Å². The van der Waals surface area contributed by atoms with Gasteiger partial charge in [-0.05, 0) is 26.9 Å². The van der Waals surface area contributed by atoms with Crippen LogP contribution in [0.1, 0.15) is 12.8 Å². The van der Waals surface area contributed by atoms with Crippen molar-refractivity contribution in [3.8, 4) is 0 Å². The maximum atomic E-state index is 13.7. The molecule has 1 heterocycles. The normalized spacial score (nSPS) is 21.3. The van der Waals surface area contributed by atoms with E-state index in [1.807, 2.05) is 0 Å². The zero-order valence-electron chi connectivity index (χ0n) is 12.6. The fourth-order valence-electron chi connectivity index (χ4n) is 2.13. The molecule has 0 aromatic heterocycles. The zero-order chi connectivity index (χ0) is 19.1. The first-order valence-electron chi connectivity index (χ1n) is 6.51. The van der Waals surface area contributed by atoms with Crippen LogP contribution in [0.25, 0.3) is 0 Å². The summed E-state index contributed by atoms with van der Waals surface area (Å²) >= 11 is -3.92. The topological polar surface area (TPSA) is 83.9 Å². The number of hydrogen-bond donors (Lipinski definition) is 1. The summed E-state index contributed by atoms with van der Waals surface area (Å²) in [5.41, 5.74) is 0. The average Bonchev–Trinajstić information content (AvgIpc) is 2.44. The quantitative estimate of drug-likeness (QED) is 0.408. The van der Waals surface area contributed by atoms with E-state index >= 15 is 0 Å². The third-order valence-corrected chi connectivity index (χ3v) is 6.10. The van der Waals surface area contributed by atoms with E-state index in [1.54, 1.807) is 19.0 Å². The minimum absolute atomic E-state index is 0.0911. The molecule has 6 nitrogen and oxygen atoms in total. The average molecular weight is 406 g/mol. The van der Waals surface area contributed by atoms with Crippen molar-refractivity contribution in [3.05, 3.63) is 0 Å². The van der Waals surface area contributed by atoms with Gasteiger partial charge in [0.15, 0.2) is 0 Å². The fourth-order valence-corrected chi connectivity index (χ4v) is 3.86. The number of alkyl halides is 6. The van der Waals surface area contributed by atoms with E-state index in [0.29, 0.717) is 4.31 Å². The molecule has 1 aliphatic rings. The molecule has 0 aliphatic carbocycles. The molecule has 24 heavy (non-hydrogen) atoms. The Balaban J connectivity index is 3.02. The van der Waals surface area contributed by atoms with Crippen molar-refractivity contribution < 1.29 is 43.9 Å². The van der Waals surface area contributed by atoms with Gasteiger partial charge in [-0.15, -0.1) is 13.1 Å². The Bertz CT molecular complexity index is 552. The second-order valence-corrected chi connectivity index (χ2v) is 8.45. The van der Waals surface area contributed by atoms with Crippen LogP contribution in [0.2, 0.25) is 0 Å². The highest BCUT2D eigenvalue weighted by atomic mass is 32.2. The van der Waals surface area contributed by atoms with Crippen LogP contribution < -0.4 is 0 Å². The molecule has 0 bridgehead atoms. The molecule has 1 N–H and O–H groups in total. The van der Waals surface area contributed by atoms with E-state index < -0.39 is 37.9 Å². The summed E-state index contributed by atoms with van der Waals surface area (Å²) in [7, 11) is -3.48. The summed E-state index contributed by atoms with van der Waals surface area (Å²) < 4.78 is 121. The lowest BCUT2D eigenvalue weighted by atomic mass is 10.1. The molecule has 1 fully saturated rings. The minimum atomic E-state index is -6.85. The summed E-state index contributed by atoms with van der Waals surface area (Å²) in [5, 5.41) is -12.4. The van der Waals surface area contributed by atoms with Crippen LogP contribution >= 0.6 is 0 Å². The molecular weight excluding hydrogens is 390 g/mol. The molecule has 0 aromatic rings. The molecule has 0 spiro atoms. The number of halogens is 6. The van der Waals surface area contributed by atoms with E-state index in [1.165, 1.54) is 0 Å². The molecule has 144 valence electrons. The van der Waals surface area contributed by atoms with Crippen LogP contribution in [0.3, 0.4) is 0 Å². The molecular formula is C10H16F6N2O4S2. The Kier molecular flexibility index (Phi) is 6.16. The van der Waals surface area contributed by atoms with Crippen LogP contribution in [-0.2, 0) is 21.5 Å². The molecule has 0 saturated carbocycles. The fraction of sp³-hybridized carbons (Fsp3) is 1.00. The zero-order valence-corrected chi connectivity index (χ0v) is 14.2. The summed E-state index contributed by atoms with van der Waals surface area (Å²) in [6.07, 6.45) is 0.351. The molecule has 1 atom stereocenters. The predicted molar refractivity (Wildman–Crippen MR) is 72.8 cm³/mol. The number of piperidine rings is 1. The largest absolute Gasteiger partial charge is 0.593 e. The molecule has 1 saturated heterocycles. The van der Waals surface area contributed by atoms with Crippen LogP contribution in [0, 0.1) is 0 Å². The van der Waals surface area contributed by atoms with Crippen LogP contribution in [0.5, 0.6) is 0 Å². The smallest absolute Gasteiger partial charge is 0.498 e. The maximum absolute atomic E-state index is 13.7. The first-order valence-corrected chi connectivity index (χ1v) is 9.06.